The van der Waals surface area contributed by atoms with Gasteiger partial charge in [-0.3, -0.25) is 9.71 Å². The molecule has 1 saturated heterocycles. The number of pyridine rings is 1. The predicted octanol–water partition coefficient (Wildman–Crippen LogP) is 2.13. The molecule has 0 aliphatic carbocycles. The number of aryl methyl sites for hydroxylation is 2. The Morgan fingerprint density at radius 2 is 1.93 bits per heavy atom. The zero-order valence-electron chi connectivity index (χ0n) is 16.7. The normalized spacial score (nSPS) is 16.8. The molecule has 1 aliphatic heterocycles. The minimum Gasteiger partial charge on any atom is -0.390 e. The lowest BCUT2D eigenvalue weighted by molar-refractivity contribution is 0.0350. The first-order valence-electron chi connectivity index (χ1n) is 9.35. The van der Waals surface area contributed by atoms with Gasteiger partial charge in [0.2, 0.25) is 10.0 Å². The topological polar surface area (TPSA) is 108 Å². The molecule has 0 spiro atoms. The largest absolute Gasteiger partial charge is 0.390 e. The first-order valence-corrected chi connectivity index (χ1v) is 11.2. The summed E-state index contributed by atoms with van der Waals surface area (Å²) in [4.78, 5) is 15.5. The van der Waals surface area contributed by atoms with Gasteiger partial charge in [0, 0.05) is 30.4 Å². The number of sulfonamides is 1. The first-order chi connectivity index (χ1) is 13.1. The monoisotopic (exact) mass is 405 g/mol. The van der Waals surface area contributed by atoms with Gasteiger partial charge in [0.1, 0.15) is 12.1 Å². The average Bonchev–Trinajstić information content (AvgIpc) is 2.62. The molecule has 0 unspecified atom stereocenters. The molecule has 28 heavy (non-hydrogen) atoms. The molecule has 1 aliphatic rings. The highest BCUT2D eigenvalue weighted by Crippen LogP contribution is 2.35. The van der Waals surface area contributed by atoms with Crippen molar-refractivity contribution < 1.29 is 13.5 Å². The van der Waals surface area contributed by atoms with Crippen LogP contribution in [0, 0.1) is 6.92 Å². The van der Waals surface area contributed by atoms with Crippen molar-refractivity contribution in [2.45, 2.75) is 45.6 Å². The number of piperidine rings is 1. The summed E-state index contributed by atoms with van der Waals surface area (Å²) in [5, 5.41) is 10.3. The highest BCUT2D eigenvalue weighted by atomic mass is 32.2. The summed E-state index contributed by atoms with van der Waals surface area (Å²) in [7, 11) is -3.42. The van der Waals surface area contributed by atoms with Gasteiger partial charge in [-0.1, -0.05) is 6.92 Å². The van der Waals surface area contributed by atoms with Gasteiger partial charge in [0.15, 0.2) is 0 Å². The van der Waals surface area contributed by atoms with Gasteiger partial charge in [-0.2, -0.15) is 0 Å². The molecular formula is C19H27N5O3S. The van der Waals surface area contributed by atoms with Crippen molar-refractivity contribution in [1.29, 1.82) is 0 Å². The molecule has 3 heterocycles. The van der Waals surface area contributed by atoms with E-state index in [2.05, 4.69) is 24.6 Å². The van der Waals surface area contributed by atoms with Crippen LogP contribution in [-0.4, -0.2) is 53.4 Å². The van der Waals surface area contributed by atoms with Crippen molar-refractivity contribution in [3.63, 3.8) is 0 Å². The van der Waals surface area contributed by atoms with E-state index < -0.39 is 15.6 Å². The molecule has 0 amide bonds. The third-order valence-electron chi connectivity index (χ3n) is 5.05. The molecule has 1 fully saturated rings. The summed E-state index contributed by atoms with van der Waals surface area (Å²) < 4.78 is 25.9. The van der Waals surface area contributed by atoms with E-state index in [9.17, 15) is 13.5 Å². The van der Waals surface area contributed by atoms with E-state index in [4.69, 9.17) is 0 Å². The minimum absolute atomic E-state index is 0.443. The fourth-order valence-corrected chi connectivity index (χ4v) is 3.99. The standard InChI is InChI=1S/C19H27N5O3S/c1-5-15-17(14-10-16(13(2)20-11-14)23-28(4,26)27)18(22-12-21-15)24-8-6-19(3,25)7-9-24/h10-12,23,25H,5-9H2,1-4H3. The van der Waals surface area contributed by atoms with Crippen LogP contribution in [-0.2, 0) is 16.4 Å². The molecule has 0 bridgehead atoms. The van der Waals surface area contributed by atoms with E-state index in [1.54, 1.807) is 25.5 Å². The Bertz CT molecular complexity index is 966. The van der Waals surface area contributed by atoms with E-state index >= 15 is 0 Å². The number of anilines is 2. The molecule has 0 atom stereocenters. The predicted molar refractivity (Wildman–Crippen MR) is 110 cm³/mol. The summed E-state index contributed by atoms with van der Waals surface area (Å²) in [6.45, 7) is 7.01. The molecule has 2 N–H and O–H groups in total. The maximum absolute atomic E-state index is 11.7. The molecular weight excluding hydrogens is 378 g/mol. The van der Waals surface area contributed by atoms with Crippen molar-refractivity contribution in [3.8, 4) is 11.1 Å². The SMILES string of the molecule is CCc1ncnc(N2CCC(C)(O)CC2)c1-c1cnc(C)c(NS(C)(=O)=O)c1. The zero-order valence-corrected chi connectivity index (χ0v) is 17.5. The summed E-state index contributed by atoms with van der Waals surface area (Å²) in [5.41, 5.74) is 2.88. The van der Waals surface area contributed by atoms with Crippen LogP contribution in [0.3, 0.4) is 0 Å². The third kappa shape index (κ3) is 4.59. The number of rotatable bonds is 5. The molecule has 2 aromatic rings. The quantitative estimate of drug-likeness (QED) is 0.784. The lowest BCUT2D eigenvalue weighted by Crippen LogP contribution is -2.43. The second-order valence-corrected chi connectivity index (χ2v) is 9.34. The van der Waals surface area contributed by atoms with Crippen molar-refractivity contribution in [2.24, 2.45) is 0 Å². The van der Waals surface area contributed by atoms with Crippen molar-refractivity contribution in [3.05, 3.63) is 30.0 Å². The maximum atomic E-state index is 11.7. The van der Waals surface area contributed by atoms with Gasteiger partial charge in [-0.05, 0) is 39.2 Å². The molecule has 0 aromatic carbocycles. The van der Waals surface area contributed by atoms with Crippen LogP contribution >= 0.6 is 0 Å². The van der Waals surface area contributed by atoms with E-state index in [-0.39, 0.29) is 0 Å². The average molecular weight is 406 g/mol. The number of nitrogens with zero attached hydrogens (tertiary/aromatic N) is 4. The summed E-state index contributed by atoms with van der Waals surface area (Å²) in [6.07, 6.45) is 6.42. The first kappa shape index (κ1) is 20.5. The number of aromatic nitrogens is 3. The Labute approximate surface area is 166 Å². The number of hydrogen-bond acceptors (Lipinski definition) is 7. The molecule has 152 valence electrons. The van der Waals surface area contributed by atoms with Crippen LogP contribution in [0.4, 0.5) is 11.5 Å². The number of aliphatic hydroxyl groups is 1. The minimum atomic E-state index is -3.42. The Hall–Kier alpha value is -2.26. The molecule has 0 saturated carbocycles. The van der Waals surface area contributed by atoms with Crippen molar-refractivity contribution in [1.82, 2.24) is 15.0 Å². The fraction of sp³-hybridized carbons (Fsp3) is 0.526. The van der Waals surface area contributed by atoms with Gasteiger partial charge < -0.3 is 10.0 Å². The lowest BCUT2D eigenvalue weighted by Gasteiger charge is -2.37. The molecule has 3 rings (SSSR count). The van der Waals surface area contributed by atoms with Gasteiger partial charge in [-0.25, -0.2) is 18.4 Å². The van der Waals surface area contributed by atoms with Gasteiger partial charge in [0.25, 0.3) is 0 Å². The van der Waals surface area contributed by atoms with Crippen LogP contribution in [0.2, 0.25) is 0 Å². The number of hydrogen-bond donors (Lipinski definition) is 2. The van der Waals surface area contributed by atoms with E-state index in [0.717, 1.165) is 28.9 Å². The summed E-state index contributed by atoms with van der Waals surface area (Å²) in [5.74, 6) is 0.790. The summed E-state index contributed by atoms with van der Waals surface area (Å²) in [6, 6.07) is 1.78. The van der Waals surface area contributed by atoms with Crippen LogP contribution in [0.1, 0.15) is 38.1 Å². The van der Waals surface area contributed by atoms with Crippen LogP contribution < -0.4 is 9.62 Å². The Balaban J connectivity index is 2.08. The summed E-state index contributed by atoms with van der Waals surface area (Å²) >= 11 is 0. The van der Waals surface area contributed by atoms with Gasteiger partial charge in [0.05, 0.1) is 28.9 Å². The van der Waals surface area contributed by atoms with Crippen molar-refractivity contribution >= 4 is 21.5 Å². The molecule has 0 radical (unpaired) electrons. The van der Waals surface area contributed by atoms with Gasteiger partial charge in [-0.15, -0.1) is 0 Å². The van der Waals surface area contributed by atoms with Gasteiger partial charge >= 0.3 is 0 Å². The Kier molecular flexibility index (Phi) is 5.58. The molecule has 9 heteroatoms. The van der Waals surface area contributed by atoms with Crippen molar-refractivity contribution in [2.75, 3.05) is 29.0 Å². The lowest BCUT2D eigenvalue weighted by atomic mass is 9.93. The highest BCUT2D eigenvalue weighted by Gasteiger charge is 2.30. The second kappa shape index (κ2) is 7.63. The Morgan fingerprint density at radius 3 is 2.54 bits per heavy atom. The zero-order chi connectivity index (χ0) is 20.5. The fourth-order valence-electron chi connectivity index (χ4n) is 3.39. The smallest absolute Gasteiger partial charge is 0.229 e. The third-order valence-corrected chi connectivity index (χ3v) is 5.64. The van der Waals surface area contributed by atoms with E-state index in [1.807, 2.05) is 13.8 Å². The Morgan fingerprint density at radius 1 is 1.25 bits per heavy atom. The van der Waals surface area contributed by atoms with E-state index in [0.29, 0.717) is 43.7 Å². The van der Waals surface area contributed by atoms with Crippen LogP contribution in [0.15, 0.2) is 18.6 Å². The molecule has 8 nitrogen and oxygen atoms in total. The van der Waals surface area contributed by atoms with Crippen LogP contribution in [0.5, 0.6) is 0 Å². The number of nitrogens with one attached hydrogen (secondary N) is 1. The second-order valence-electron chi connectivity index (χ2n) is 7.59. The highest BCUT2D eigenvalue weighted by molar-refractivity contribution is 7.92. The molecule has 2 aromatic heterocycles. The van der Waals surface area contributed by atoms with E-state index in [1.165, 1.54) is 0 Å². The maximum Gasteiger partial charge on any atom is 0.229 e. The van der Waals surface area contributed by atoms with Crippen LogP contribution in [0.25, 0.3) is 11.1 Å².